The number of rotatable bonds is 8. The molecule has 2 aromatic heterocycles. The van der Waals surface area contributed by atoms with Gasteiger partial charge < -0.3 is 10.6 Å². The number of nitrogens with one attached hydrogen (secondary N) is 4. The number of anilines is 4. The van der Waals surface area contributed by atoms with Crippen LogP contribution in [0.2, 0.25) is 5.02 Å². The van der Waals surface area contributed by atoms with Gasteiger partial charge in [0, 0.05) is 34.9 Å². The summed E-state index contributed by atoms with van der Waals surface area (Å²) in [5.74, 6) is 1.39. The fourth-order valence-electron chi connectivity index (χ4n) is 3.50. The maximum Gasteiger partial charge on any atom is 0.232 e. The molecule has 9 nitrogen and oxygen atoms in total. The summed E-state index contributed by atoms with van der Waals surface area (Å²) in [6.45, 7) is 0.201. The Kier molecular flexibility index (Phi) is 5.75. The lowest BCUT2D eigenvalue weighted by Crippen LogP contribution is -2.16. The van der Waals surface area contributed by atoms with Crippen molar-refractivity contribution in [2.75, 3.05) is 10.6 Å². The van der Waals surface area contributed by atoms with Crippen LogP contribution < -0.4 is 15.4 Å². The van der Waals surface area contributed by atoms with Crippen LogP contribution in [0, 0.1) is 0 Å². The molecule has 4 aromatic rings. The van der Waals surface area contributed by atoms with Crippen LogP contribution >= 0.6 is 11.6 Å². The third-order valence-electron chi connectivity index (χ3n) is 5.23. The van der Waals surface area contributed by atoms with E-state index in [1.807, 2.05) is 36.4 Å². The van der Waals surface area contributed by atoms with Crippen LogP contribution in [-0.2, 0) is 17.8 Å². The van der Waals surface area contributed by atoms with Gasteiger partial charge in [0.1, 0.15) is 5.02 Å². The van der Waals surface area contributed by atoms with Gasteiger partial charge in [-0.1, -0.05) is 29.8 Å². The van der Waals surface area contributed by atoms with Gasteiger partial charge in [-0.05, 0) is 42.7 Å². The van der Waals surface area contributed by atoms with Gasteiger partial charge in [-0.3, -0.25) is 9.65 Å². The summed E-state index contributed by atoms with van der Waals surface area (Å²) in [4.78, 5) is 8.77. The molecule has 5 rings (SSSR count). The van der Waals surface area contributed by atoms with Gasteiger partial charge in [0.2, 0.25) is 17.2 Å². The molecule has 1 fully saturated rings. The Hall–Kier alpha value is -3.05. The molecule has 2 heterocycles. The summed E-state index contributed by atoms with van der Waals surface area (Å²) in [5, 5.41) is 15.5. The predicted octanol–water partition coefficient (Wildman–Crippen LogP) is 4.60. The summed E-state index contributed by atoms with van der Waals surface area (Å²) in [5.41, 5.74) is 4.41. The number of aromatic nitrogens is 4. The largest absolute Gasteiger partial charge is 0.339 e. The Bertz CT molecular complexity index is 1310. The van der Waals surface area contributed by atoms with E-state index in [0.29, 0.717) is 28.4 Å². The first-order valence-corrected chi connectivity index (χ1v) is 11.5. The number of hydrogen-bond donors (Lipinski definition) is 5. The van der Waals surface area contributed by atoms with E-state index >= 15 is 0 Å². The van der Waals surface area contributed by atoms with Crippen molar-refractivity contribution in [1.82, 2.24) is 24.9 Å². The number of fused-ring (bicyclic) bond motifs is 1. The fraction of sp³-hybridized carbons (Fsp3) is 0.190. The maximum atomic E-state index is 11.0. The minimum Gasteiger partial charge on any atom is -0.339 e. The summed E-state index contributed by atoms with van der Waals surface area (Å²) in [7, 11) is 0. The number of nitrogens with zero attached hydrogens (tertiary/aromatic N) is 3. The van der Waals surface area contributed by atoms with E-state index in [1.54, 1.807) is 0 Å². The van der Waals surface area contributed by atoms with E-state index in [9.17, 15) is 4.21 Å². The molecule has 1 saturated carbocycles. The smallest absolute Gasteiger partial charge is 0.232 e. The topological polar surface area (TPSA) is 128 Å². The highest BCUT2D eigenvalue weighted by molar-refractivity contribution is 7.77. The molecule has 0 radical (unpaired) electrons. The van der Waals surface area contributed by atoms with E-state index in [1.165, 1.54) is 24.7 Å². The van der Waals surface area contributed by atoms with Crippen molar-refractivity contribution in [2.45, 2.75) is 25.3 Å². The van der Waals surface area contributed by atoms with Crippen molar-refractivity contribution in [3.8, 4) is 0 Å². The predicted molar refractivity (Wildman–Crippen MR) is 126 cm³/mol. The van der Waals surface area contributed by atoms with Gasteiger partial charge in [-0.15, -0.1) is 0 Å². The van der Waals surface area contributed by atoms with Crippen LogP contribution in [0.1, 0.15) is 30.0 Å². The monoisotopic (exact) mass is 469 g/mol. The molecule has 0 bridgehead atoms. The highest BCUT2D eigenvalue weighted by Gasteiger charge is 2.27. The fourth-order valence-corrected chi connectivity index (χ4v) is 3.92. The summed E-state index contributed by atoms with van der Waals surface area (Å²) >= 11 is 4.21. The molecule has 164 valence electrons. The van der Waals surface area contributed by atoms with Crippen molar-refractivity contribution < 1.29 is 8.76 Å². The van der Waals surface area contributed by atoms with Crippen molar-refractivity contribution in [3.63, 3.8) is 0 Å². The SMILES string of the molecule is O=S(O)NCc1ccccc1Nc1nc(Nc2ccc3c(C4CC4)[nH]nc3c2)ncc1Cl. The van der Waals surface area contributed by atoms with Gasteiger partial charge in [0.05, 0.1) is 11.7 Å². The normalized spacial score (nSPS) is 14.4. The average molecular weight is 470 g/mol. The zero-order valence-electron chi connectivity index (χ0n) is 16.8. The Morgan fingerprint density at radius 2 is 2.03 bits per heavy atom. The second-order valence-corrected chi connectivity index (χ2v) is 8.71. The zero-order chi connectivity index (χ0) is 22.1. The highest BCUT2D eigenvalue weighted by Crippen LogP contribution is 2.42. The number of para-hydroxylation sites is 1. The molecule has 0 aliphatic heterocycles. The Balaban J connectivity index is 1.36. The standard InChI is InChI=1S/C21H20ClN7O2S/c22-16-11-23-21(25-14-7-8-15-18(9-14)28-29-19(15)12-5-6-12)27-20(16)26-17-4-2-1-3-13(17)10-24-32(30)31/h1-4,7-9,11-12,24H,5-6,10H2,(H,28,29)(H,30,31)(H2,23,25,26,27). The number of halogens is 1. The molecule has 11 heteroatoms. The molecule has 1 unspecified atom stereocenters. The van der Waals surface area contributed by atoms with Gasteiger partial charge in [-0.25, -0.2) is 13.9 Å². The molecular formula is C21H20ClN7O2S. The van der Waals surface area contributed by atoms with Gasteiger partial charge in [0.15, 0.2) is 5.82 Å². The van der Waals surface area contributed by atoms with E-state index in [-0.39, 0.29) is 6.54 Å². The van der Waals surface area contributed by atoms with Crippen LogP contribution in [-0.4, -0.2) is 28.9 Å². The molecule has 0 spiro atoms. The van der Waals surface area contributed by atoms with Crippen LogP contribution in [0.3, 0.4) is 0 Å². The van der Waals surface area contributed by atoms with E-state index in [2.05, 4.69) is 41.6 Å². The number of aromatic amines is 1. The molecule has 0 saturated heterocycles. The quantitative estimate of drug-likeness (QED) is 0.238. The van der Waals surface area contributed by atoms with Crippen LogP contribution in [0.4, 0.5) is 23.1 Å². The Morgan fingerprint density at radius 3 is 2.84 bits per heavy atom. The minimum absolute atomic E-state index is 0.201. The lowest BCUT2D eigenvalue weighted by molar-refractivity contribution is 0.549. The summed E-state index contributed by atoms with van der Waals surface area (Å²) in [6, 6.07) is 13.4. The third-order valence-corrected chi connectivity index (χ3v) is 5.89. The molecule has 1 atom stereocenters. The zero-order valence-corrected chi connectivity index (χ0v) is 18.4. The van der Waals surface area contributed by atoms with Gasteiger partial charge in [-0.2, -0.15) is 10.1 Å². The summed E-state index contributed by atoms with van der Waals surface area (Å²) < 4.78 is 22.4. The van der Waals surface area contributed by atoms with E-state index < -0.39 is 11.3 Å². The number of benzene rings is 2. The lowest BCUT2D eigenvalue weighted by atomic mass is 10.1. The van der Waals surface area contributed by atoms with Crippen LogP contribution in [0.5, 0.6) is 0 Å². The summed E-state index contributed by atoms with van der Waals surface area (Å²) in [6.07, 6.45) is 3.94. The van der Waals surface area contributed by atoms with Gasteiger partial charge >= 0.3 is 0 Å². The van der Waals surface area contributed by atoms with Crippen molar-refractivity contribution in [3.05, 3.63) is 64.9 Å². The third kappa shape index (κ3) is 4.58. The second kappa shape index (κ2) is 8.83. The Labute approximate surface area is 191 Å². The first-order valence-electron chi connectivity index (χ1n) is 10.0. The molecular weight excluding hydrogens is 450 g/mol. The van der Waals surface area contributed by atoms with Gasteiger partial charge in [0.25, 0.3) is 0 Å². The average Bonchev–Trinajstić information content (AvgIpc) is 3.54. The van der Waals surface area contributed by atoms with E-state index in [0.717, 1.165) is 22.2 Å². The minimum atomic E-state index is -2.11. The van der Waals surface area contributed by atoms with Crippen molar-refractivity contribution >= 4 is 56.9 Å². The molecule has 1 aliphatic carbocycles. The number of H-pyrrole nitrogens is 1. The second-order valence-electron chi connectivity index (χ2n) is 7.51. The van der Waals surface area contributed by atoms with E-state index in [4.69, 9.17) is 16.2 Å². The lowest BCUT2D eigenvalue weighted by Gasteiger charge is -2.13. The highest BCUT2D eigenvalue weighted by atomic mass is 35.5. The maximum absolute atomic E-state index is 11.0. The van der Waals surface area contributed by atoms with Crippen LogP contribution in [0.15, 0.2) is 48.7 Å². The molecule has 5 N–H and O–H groups in total. The van der Waals surface area contributed by atoms with Crippen molar-refractivity contribution in [1.29, 1.82) is 0 Å². The molecule has 0 amide bonds. The van der Waals surface area contributed by atoms with Crippen molar-refractivity contribution in [2.24, 2.45) is 0 Å². The Morgan fingerprint density at radius 1 is 1.19 bits per heavy atom. The molecule has 1 aliphatic rings. The molecule has 32 heavy (non-hydrogen) atoms. The number of hydrogen-bond acceptors (Lipinski definition) is 6. The first-order chi connectivity index (χ1) is 15.6. The first kappa shape index (κ1) is 20.8. The van der Waals surface area contributed by atoms with Crippen LogP contribution in [0.25, 0.3) is 10.9 Å². The molecule has 2 aromatic carbocycles.